The summed E-state index contributed by atoms with van der Waals surface area (Å²) in [7, 11) is 0. The van der Waals surface area contributed by atoms with Gasteiger partial charge in [-0.25, -0.2) is 4.79 Å². The monoisotopic (exact) mass is 403 g/mol. The fourth-order valence-electron chi connectivity index (χ4n) is 2.65. The first-order chi connectivity index (χ1) is 12.8. The minimum absolute atomic E-state index is 0.00571. The van der Waals surface area contributed by atoms with Crippen molar-refractivity contribution in [3.8, 4) is 5.75 Å². The maximum absolute atomic E-state index is 13.0. The van der Waals surface area contributed by atoms with E-state index in [-0.39, 0.29) is 26.7 Å². The highest BCUT2D eigenvalue weighted by atomic mass is 32.2. The van der Waals surface area contributed by atoms with Crippen LogP contribution in [-0.4, -0.2) is 21.3 Å². The zero-order chi connectivity index (χ0) is 21.3. The number of carboxylic acid groups (broad SMARTS) is 1. The van der Waals surface area contributed by atoms with Crippen LogP contribution in [0.15, 0.2) is 26.7 Å². The summed E-state index contributed by atoms with van der Waals surface area (Å²) in [6, 6.07) is 3.54. The van der Waals surface area contributed by atoms with Crippen molar-refractivity contribution in [1.29, 1.82) is 0 Å². The third-order valence-electron chi connectivity index (χ3n) is 4.18. The summed E-state index contributed by atoms with van der Waals surface area (Å²) < 4.78 is 5.41. The van der Waals surface area contributed by atoms with Gasteiger partial charge in [0.25, 0.3) is 5.22 Å². The standard InChI is InChI=1S/C21H28N2O4S/c1-8-16-22-23-19(27-16)28-15(18(25)26)11-12-9-13(20(2,3)4)17(24)14(10-12)21(5,6)7/h9-11,24H,8H2,1-7H3,(H,25,26)/p-1/b15-11+. The number of hydrogen-bond donors (Lipinski definition) is 1. The molecule has 0 saturated heterocycles. The highest BCUT2D eigenvalue weighted by Crippen LogP contribution is 2.39. The first-order valence-corrected chi connectivity index (χ1v) is 9.95. The zero-order valence-electron chi connectivity index (χ0n) is 17.4. The van der Waals surface area contributed by atoms with E-state index in [0.29, 0.717) is 29.0 Å². The molecule has 0 bridgehead atoms. The van der Waals surface area contributed by atoms with Gasteiger partial charge in [0.15, 0.2) is 0 Å². The van der Waals surface area contributed by atoms with Crippen molar-refractivity contribution in [1.82, 2.24) is 10.2 Å². The highest BCUT2D eigenvalue weighted by molar-refractivity contribution is 8.03. The van der Waals surface area contributed by atoms with Crippen LogP contribution in [0.3, 0.4) is 0 Å². The fraction of sp³-hybridized carbons (Fsp3) is 0.476. The number of aliphatic carboxylic acids is 1. The van der Waals surface area contributed by atoms with Crippen LogP contribution in [0, 0.1) is 0 Å². The molecule has 6 nitrogen and oxygen atoms in total. The molecule has 0 aliphatic heterocycles. The van der Waals surface area contributed by atoms with E-state index in [0.717, 1.165) is 11.8 Å². The Morgan fingerprint density at radius 2 is 1.68 bits per heavy atom. The third-order valence-corrected chi connectivity index (χ3v) is 5.04. The van der Waals surface area contributed by atoms with Gasteiger partial charge in [-0.15, -0.1) is 15.9 Å². The van der Waals surface area contributed by atoms with Gasteiger partial charge in [-0.3, -0.25) is 0 Å². The summed E-state index contributed by atoms with van der Waals surface area (Å²) in [5.74, 6) is -0.638. The molecule has 0 atom stereocenters. The summed E-state index contributed by atoms with van der Waals surface area (Å²) in [5, 5.41) is 30.5. The Morgan fingerprint density at radius 1 is 1.14 bits per heavy atom. The van der Waals surface area contributed by atoms with Gasteiger partial charge < -0.3 is 14.6 Å². The maximum atomic E-state index is 13.0. The molecule has 0 aliphatic carbocycles. The SMILES string of the molecule is CCc1nnc(S/C(=C/c2cc(C(C)(C)C)c([O-])c(C(C)(C)C)c2)C(=O)O)o1. The molecule has 28 heavy (non-hydrogen) atoms. The summed E-state index contributed by atoms with van der Waals surface area (Å²) in [5.41, 5.74) is 1.26. The molecule has 0 unspecified atom stereocenters. The number of benzene rings is 1. The van der Waals surface area contributed by atoms with Crippen LogP contribution >= 0.6 is 11.8 Å². The van der Waals surface area contributed by atoms with Crippen LogP contribution in [0.2, 0.25) is 0 Å². The number of carbonyl (C=O) groups is 1. The minimum Gasteiger partial charge on any atom is -0.872 e. The third kappa shape index (κ3) is 5.16. The molecule has 0 spiro atoms. The number of hydrogen-bond acceptors (Lipinski definition) is 6. The summed E-state index contributed by atoms with van der Waals surface area (Å²) in [6.07, 6.45) is 2.13. The topological polar surface area (TPSA) is 99.3 Å². The predicted octanol–water partition coefficient (Wildman–Crippen LogP) is 4.52. The van der Waals surface area contributed by atoms with Crippen molar-refractivity contribution in [3.63, 3.8) is 0 Å². The Labute approximate surface area is 170 Å². The zero-order valence-corrected chi connectivity index (χ0v) is 18.2. The number of aryl methyl sites for hydroxylation is 1. The molecule has 7 heteroatoms. The van der Waals surface area contributed by atoms with Crippen molar-refractivity contribution in [2.45, 2.75) is 70.9 Å². The highest BCUT2D eigenvalue weighted by Gasteiger charge is 2.23. The molecule has 1 aromatic carbocycles. The van der Waals surface area contributed by atoms with Crippen molar-refractivity contribution in [3.05, 3.63) is 39.6 Å². The van der Waals surface area contributed by atoms with Crippen LogP contribution < -0.4 is 5.11 Å². The number of nitrogens with zero attached hydrogens (tertiary/aromatic N) is 2. The van der Waals surface area contributed by atoms with Crippen molar-refractivity contribution in [2.24, 2.45) is 0 Å². The molecule has 0 saturated carbocycles. The molecule has 1 heterocycles. The van der Waals surface area contributed by atoms with E-state index in [1.165, 1.54) is 0 Å². The van der Waals surface area contributed by atoms with Crippen LogP contribution in [0.1, 0.15) is 71.0 Å². The number of rotatable bonds is 5. The van der Waals surface area contributed by atoms with Gasteiger partial charge in [0.2, 0.25) is 5.89 Å². The van der Waals surface area contributed by atoms with Gasteiger partial charge in [-0.2, -0.15) is 0 Å². The Balaban J connectivity index is 2.57. The first kappa shape index (κ1) is 22.0. The smallest absolute Gasteiger partial charge is 0.342 e. The lowest BCUT2D eigenvalue weighted by Gasteiger charge is -2.33. The molecule has 0 amide bonds. The Kier molecular flexibility index (Phi) is 6.28. The number of carboxylic acids is 1. The normalized spacial score (nSPS) is 13.0. The Bertz CT molecular complexity index is 867. The van der Waals surface area contributed by atoms with Crippen LogP contribution in [0.25, 0.3) is 6.08 Å². The van der Waals surface area contributed by atoms with E-state index in [9.17, 15) is 15.0 Å². The molecule has 1 N–H and O–H groups in total. The van der Waals surface area contributed by atoms with Gasteiger partial charge in [0.05, 0.1) is 0 Å². The average Bonchev–Trinajstić information content (AvgIpc) is 3.01. The molecule has 0 radical (unpaired) electrons. The average molecular weight is 404 g/mol. The Hall–Kier alpha value is -2.28. The quantitative estimate of drug-likeness (QED) is 0.579. The lowest BCUT2D eigenvalue weighted by atomic mass is 9.78. The molecule has 0 aliphatic rings. The molecule has 152 valence electrons. The summed E-state index contributed by atoms with van der Waals surface area (Å²) >= 11 is 0.902. The van der Waals surface area contributed by atoms with Crippen molar-refractivity contribution in [2.75, 3.05) is 0 Å². The van der Waals surface area contributed by atoms with Crippen LogP contribution in [-0.2, 0) is 22.0 Å². The number of aromatic nitrogens is 2. The number of thioether (sulfide) groups is 1. The van der Waals surface area contributed by atoms with E-state index >= 15 is 0 Å². The molecule has 0 fully saturated rings. The van der Waals surface area contributed by atoms with Crippen molar-refractivity contribution < 1.29 is 19.4 Å². The van der Waals surface area contributed by atoms with E-state index in [1.807, 2.05) is 48.5 Å². The fourth-order valence-corrected chi connectivity index (χ4v) is 3.34. The second kappa shape index (κ2) is 7.99. The summed E-state index contributed by atoms with van der Waals surface area (Å²) in [4.78, 5) is 11.8. The second-order valence-electron chi connectivity index (χ2n) is 8.68. The van der Waals surface area contributed by atoms with Gasteiger partial charge >= 0.3 is 5.97 Å². The second-order valence-corrected chi connectivity index (χ2v) is 9.67. The molecule has 2 rings (SSSR count). The van der Waals surface area contributed by atoms with E-state index in [2.05, 4.69) is 10.2 Å². The minimum atomic E-state index is -1.10. The van der Waals surface area contributed by atoms with E-state index in [1.54, 1.807) is 18.2 Å². The largest absolute Gasteiger partial charge is 0.872 e. The van der Waals surface area contributed by atoms with E-state index in [4.69, 9.17) is 4.42 Å². The molecular formula is C21H27N2O4S-. The molecular weight excluding hydrogens is 376 g/mol. The lowest BCUT2D eigenvalue weighted by Crippen LogP contribution is -2.21. The first-order valence-electron chi connectivity index (χ1n) is 9.14. The Morgan fingerprint density at radius 3 is 2.07 bits per heavy atom. The van der Waals surface area contributed by atoms with Gasteiger partial charge in [-0.1, -0.05) is 60.6 Å². The molecule has 2 aromatic rings. The van der Waals surface area contributed by atoms with Crippen molar-refractivity contribution >= 4 is 23.8 Å². The maximum Gasteiger partial charge on any atom is 0.342 e. The van der Waals surface area contributed by atoms with Crippen LogP contribution in [0.5, 0.6) is 5.75 Å². The van der Waals surface area contributed by atoms with E-state index < -0.39 is 5.97 Å². The van der Waals surface area contributed by atoms with Gasteiger partial charge in [0, 0.05) is 6.42 Å². The molecule has 1 aromatic heterocycles. The van der Waals surface area contributed by atoms with Gasteiger partial charge in [0.1, 0.15) is 4.91 Å². The van der Waals surface area contributed by atoms with Gasteiger partial charge in [-0.05, 0) is 45.4 Å². The lowest BCUT2D eigenvalue weighted by molar-refractivity contribution is -0.271. The van der Waals surface area contributed by atoms with Crippen LogP contribution in [0.4, 0.5) is 0 Å². The summed E-state index contributed by atoms with van der Waals surface area (Å²) in [6.45, 7) is 13.7. The predicted molar refractivity (Wildman–Crippen MR) is 108 cm³/mol.